The maximum absolute atomic E-state index is 14.3. The van der Waals surface area contributed by atoms with E-state index in [2.05, 4.69) is 4.72 Å². The lowest BCUT2D eigenvalue weighted by Crippen LogP contribution is -2.48. The molecule has 4 atom stereocenters. The van der Waals surface area contributed by atoms with Crippen LogP contribution < -0.4 is 9.46 Å². The average molecular weight is 722 g/mol. The smallest absolute Gasteiger partial charge is 0.261 e. The fourth-order valence-corrected chi connectivity index (χ4v) is 7.78. The van der Waals surface area contributed by atoms with E-state index in [9.17, 15) is 26.7 Å². The number of rotatable bonds is 9. The molecule has 0 saturated carbocycles. The number of hydrogen-bond acceptors (Lipinski definition) is 8. The Labute approximate surface area is 288 Å². The van der Waals surface area contributed by atoms with Crippen LogP contribution >= 0.6 is 11.6 Å². The third-order valence-electron chi connectivity index (χ3n) is 8.32. The molecule has 3 aromatic carbocycles. The molecule has 262 valence electrons. The van der Waals surface area contributed by atoms with Crippen molar-refractivity contribution in [3.63, 3.8) is 0 Å². The van der Waals surface area contributed by atoms with Gasteiger partial charge in [-0.3, -0.25) is 9.52 Å². The molecular formula is C34H44ClN3O8S2. The van der Waals surface area contributed by atoms with Gasteiger partial charge in [-0.1, -0.05) is 36.7 Å². The maximum Gasteiger partial charge on any atom is 0.261 e. The molecule has 1 aliphatic rings. The largest absolute Gasteiger partial charge is 0.490 e. The Balaban J connectivity index is 1.67. The Morgan fingerprint density at radius 2 is 1.69 bits per heavy atom. The molecule has 0 saturated heterocycles. The lowest BCUT2D eigenvalue weighted by molar-refractivity contribution is -0.00833. The summed E-state index contributed by atoms with van der Waals surface area (Å²) in [6, 6.07) is 17.8. The van der Waals surface area contributed by atoms with Crippen molar-refractivity contribution in [2.45, 2.75) is 68.1 Å². The summed E-state index contributed by atoms with van der Waals surface area (Å²) in [5.41, 5.74) is 0.294. The molecule has 1 amide bonds. The van der Waals surface area contributed by atoms with Crippen LogP contribution in [-0.4, -0.2) is 88.7 Å². The first-order valence-electron chi connectivity index (χ1n) is 15.9. The third-order valence-corrected chi connectivity index (χ3v) is 11.8. The number of amides is 1. The van der Waals surface area contributed by atoms with Crippen molar-refractivity contribution >= 4 is 43.2 Å². The summed E-state index contributed by atoms with van der Waals surface area (Å²) in [6.45, 7) is 5.61. The molecular weight excluding hydrogens is 678 g/mol. The van der Waals surface area contributed by atoms with E-state index in [4.69, 9.17) is 21.1 Å². The number of benzene rings is 3. The zero-order valence-electron chi connectivity index (χ0n) is 27.6. The molecule has 0 radical (unpaired) electrons. The number of halogens is 1. The number of anilines is 1. The molecule has 0 aromatic heterocycles. The highest BCUT2D eigenvalue weighted by Crippen LogP contribution is 2.30. The van der Waals surface area contributed by atoms with Crippen molar-refractivity contribution in [2.75, 3.05) is 38.1 Å². The lowest BCUT2D eigenvalue weighted by atomic mass is 10.0. The van der Waals surface area contributed by atoms with Gasteiger partial charge < -0.3 is 19.5 Å². The normalized spacial score (nSPS) is 20.8. The van der Waals surface area contributed by atoms with Crippen molar-refractivity contribution in [3.8, 4) is 5.75 Å². The Morgan fingerprint density at radius 1 is 1.00 bits per heavy atom. The predicted molar refractivity (Wildman–Crippen MR) is 185 cm³/mol. The number of nitrogens with one attached hydrogen (secondary N) is 1. The first-order chi connectivity index (χ1) is 22.7. The highest BCUT2D eigenvalue weighted by molar-refractivity contribution is 7.92. The van der Waals surface area contributed by atoms with E-state index in [1.54, 1.807) is 37.3 Å². The number of ether oxygens (including phenoxy) is 2. The van der Waals surface area contributed by atoms with E-state index in [-0.39, 0.29) is 58.5 Å². The van der Waals surface area contributed by atoms with E-state index >= 15 is 0 Å². The summed E-state index contributed by atoms with van der Waals surface area (Å²) in [7, 11) is -6.33. The molecule has 0 spiro atoms. The second-order valence-electron chi connectivity index (χ2n) is 12.2. The minimum Gasteiger partial charge on any atom is -0.490 e. The van der Waals surface area contributed by atoms with Crippen molar-refractivity contribution in [3.05, 3.63) is 83.4 Å². The van der Waals surface area contributed by atoms with Crippen molar-refractivity contribution < 1.29 is 36.2 Å². The van der Waals surface area contributed by atoms with Crippen LogP contribution in [0.1, 0.15) is 50.4 Å². The van der Waals surface area contributed by atoms with Crippen LogP contribution in [0.2, 0.25) is 5.02 Å². The minimum atomic E-state index is -3.95. The third kappa shape index (κ3) is 9.48. The average Bonchev–Trinajstić information content (AvgIpc) is 3.06. The van der Waals surface area contributed by atoms with Gasteiger partial charge in [0.15, 0.2) is 0 Å². The predicted octanol–water partition coefficient (Wildman–Crippen LogP) is 5.26. The van der Waals surface area contributed by atoms with Crippen LogP contribution in [0, 0.1) is 5.92 Å². The van der Waals surface area contributed by atoms with Crippen LogP contribution in [-0.2, 0) is 24.8 Å². The number of fused-ring (bicyclic) bond motifs is 1. The van der Waals surface area contributed by atoms with Gasteiger partial charge in [0, 0.05) is 43.4 Å². The summed E-state index contributed by atoms with van der Waals surface area (Å²) >= 11 is 5.97. The monoisotopic (exact) mass is 721 g/mol. The number of aliphatic hydroxyl groups is 1. The number of likely N-dealkylation sites (N-methyl/N-ethyl adjacent to an activating group) is 1. The number of carbonyl (C=O) groups is 1. The van der Waals surface area contributed by atoms with Gasteiger partial charge >= 0.3 is 0 Å². The fourth-order valence-electron chi connectivity index (χ4n) is 5.40. The number of sulfonamides is 2. The van der Waals surface area contributed by atoms with E-state index < -0.39 is 38.1 Å². The molecule has 0 fully saturated rings. The second kappa shape index (κ2) is 16.5. The van der Waals surface area contributed by atoms with Gasteiger partial charge in [-0.25, -0.2) is 16.8 Å². The number of carbonyl (C=O) groups excluding carboxylic acids is 1. The molecule has 1 aliphatic heterocycles. The summed E-state index contributed by atoms with van der Waals surface area (Å²) < 4.78 is 69.3. The lowest BCUT2D eigenvalue weighted by Gasteiger charge is -2.35. The highest BCUT2D eigenvalue weighted by Gasteiger charge is 2.32. The molecule has 14 heteroatoms. The molecule has 48 heavy (non-hydrogen) atoms. The molecule has 0 aliphatic carbocycles. The van der Waals surface area contributed by atoms with Gasteiger partial charge in [0.1, 0.15) is 5.75 Å². The van der Waals surface area contributed by atoms with E-state index in [0.29, 0.717) is 24.5 Å². The van der Waals surface area contributed by atoms with Crippen molar-refractivity contribution in [1.82, 2.24) is 9.21 Å². The van der Waals surface area contributed by atoms with Crippen LogP contribution in [0.25, 0.3) is 0 Å². The summed E-state index contributed by atoms with van der Waals surface area (Å²) in [4.78, 5) is 16.0. The van der Waals surface area contributed by atoms with Crippen LogP contribution in [0.5, 0.6) is 5.75 Å². The zero-order chi connectivity index (χ0) is 35.1. The zero-order valence-corrected chi connectivity index (χ0v) is 30.0. The van der Waals surface area contributed by atoms with Gasteiger partial charge in [0.2, 0.25) is 10.0 Å². The van der Waals surface area contributed by atoms with Gasteiger partial charge in [0.05, 0.1) is 40.2 Å². The highest BCUT2D eigenvalue weighted by atomic mass is 35.5. The molecule has 11 nitrogen and oxygen atoms in total. The Kier molecular flexibility index (Phi) is 12.9. The quantitative estimate of drug-likeness (QED) is 0.305. The maximum atomic E-state index is 14.3. The summed E-state index contributed by atoms with van der Waals surface area (Å²) in [5.74, 6) is -0.572. The second-order valence-corrected chi connectivity index (χ2v) is 16.3. The van der Waals surface area contributed by atoms with Crippen LogP contribution in [0.15, 0.2) is 82.6 Å². The van der Waals surface area contributed by atoms with Crippen LogP contribution in [0.4, 0.5) is 5.69 Å². The summed E-state index contributed by atoms with van der Waals surface area (Å²) in [5, 5.41) is 10.6. The van der Waals surface area contributed by atoms with E-state index in [1.807, 2.05) is 13.8 Å². The van der Waals surface area contributed by atoms with Crippen molar-refractivity contribution in [2.24, 2.45) is 5.92 Å². The Hall–Kier alpha value is -3.20. The number of hydrogen-bond donors (Lipinski definition) is 2. The molecule has 3 aromatic rings. The molecule has 0 bridgehead atoms. The van der Waals surface area contributed by atoms with Crippen molar-refractivity contribution in [1.29, 1.82) is 0 Å². The molecule has 4 rings (SSSR count). The standard InChI is InChI=1S/C34H44ClN3O8S2/c1-24-21-38(25(2)23-39)34(40)31-20-28(36-47(41,42)29-11-6-5-7-12-29)15-18-32(31)46-26(3)10-8-9-19-45-33(24)22-37(4)48(43,44)30-16-13-27(35)14-17-30/h5-7,11-18,20,24-26,33,36,39H,8-10,19,21-23H2,1-4H3/t24-,25-,26-,33-/m1/s1. The van der Waals surface area contributed by atoms with Gasteiger partial charge in [0.25, 0.3) is 15.9 Å². The molecule has 2 N–H and O–H groups in total. The molecule has 1 heterocycles. The minimum absolute atomic E-state index is 0.0170. The van der Waals surface area contributed by atoms with Gasteiger partial charge in [-0.15, -0.1) is 0 Å². The topological polar surface area (TPSA) is 143 Å². The van der Waals surface area contributed by atoms with Gasteiger partial charge in [-0.05, 0) is 87.7 Å². The van der Waals surface area contributed by atoms with Crippen LogP contribution in [0.3, 0.4) is 0 Å². The first-order valence-corrected chi connectivity index (χ1v) is 19.2. The van der Waals surface area contributed by atoms with E-state index in [0.717, 1.165) is 6.42 Å². The van der Waals surface area contributed by atoms with Gasteiger partial charge in [-0.2, -0.15) is 4.31 Å². The Bertz CT molecular complexity index is 1740. The Morgan fingerprint density at radius 3 is 2.35 bits per heavy atom. The molecule has 0 unspecified atom stereocenters. The fraction of sp³-hybridized carbons (Fsp3) is 0.441. The van der Waals surface area contributed by atoms with E-state index in [1.165, 1.54) is 58.7 Å². The number of nitrogens with zero attached hydrogens (tertiary/aromatic N) is 2. The SMILES string of the molecule is C[C@@H]1CCCCO[C@H](CN(C)S(=O)(=O)c2ccc(Cl)cc2)[C@H](C)CN([C@H](C)CO)C(=O)c2cc(NS(=O)(=O)c3ccccc3)ccc2O1. The number of aliphatic hydroxyl groups excluding tert-OH is 1. The first kappa shape index (κ1) is 37.6. The summed E-state index contributed by atoms with van der Waals surface area (Å²) in [6.07, 6.45) is 1.24.